The summed E-state index contributed by atoms with van der Waals surface area (Å²) in [6.07, 6.45) is 1.28. The van der Waals surface area contributed by atoms with Gasteiger partial charge in [-0.05, 0) is 38.3 Å². The van der Waals surface area contributed by atoms with Gasteiger partial charge in [0.05, 0.1) is 16.4 Å². The van der Waals surface area contributed by atoms with Crippen LogP contribution in [0, 0.1) is 24.0 Å². The molecule has 0 aromatic heterocycles. The molecule has 0 aliphatic carbocycles. The van der Waals surface area contributed by atoms with Crippen molar-refractivity contribution in [2.45, 2.75) is 37.6 Å². The second-order valence-electron chi connectivity index (χ2n) is 5.24. The fourth-order valence-electron chi connectivity index (χ4n) is 2.59. The maximum atomic E-state index is 12.6. The van der Waals surface area contributed by atoms with Crippen LogP contribution in [-0.4, -0.2) is 41.9 Å². The predicted octanol–water partition coefficient (Wildman–Crippen LogP) is 1.36. The number of aliphatic hydroxyl groups excluding tert-OH is 1. The van der Waals surface area contributed by atoms with Gasteiger partial charge in [-0.1, -0.05) is 0 Å². The molecule has 1 atom stereocenters. The summed E-state index contributed by atoms with van der Waals surface area (Å²) in [6.45, 7) is 3.32. The van der Waals surface area contributed by atoms with Crippen LogP contribution in [0.2, 0.25) is 0 Å². The van der Waals surface area contributed by atoms with Gasteiger partial charge in [0.15, 0.2) is 0 Å². The Hall–Kier alpha value is -1.51. The zero-order chi connectivity index (χ0) is 15.8. The lowest BCUT2D eigenvalue weighted by Crippen LogP contribution is -2.37. The molecule has 1 aliphatic rings. The van der Waals surface area contributed by atoms with E-state index in [1.54, 1.807) is 13.8 Å². The maximum Gasteiger partial charge on any atom is 0.273 e. The van der Waals surface area contributed by atoms with Gasteiger partial charge in [-0.2, -0.15) is 4.31 Å². The maximum absolute atomic E-state index is 12.6. The quantitative estimate of drug-likeness (QED) is 0.668. The normalized spacial score (nSPS) is 19.9. The second-order valence-corrected chi connectivity index (χ2v) is 7.13. The molecule has 0 radical (unpaired) electrons. The number of aliphatic hydroxyl groups is 1. The lowest BCUT2D eigenvalue weighted by Gasteiger charge is -2.22. The van der Waals surface area contributed by atoms with E-state index in [4.69, 9.17) is 0 Å². The molecule has 0 unspecified atom stereocenters. The monoisotopic (exact) mass is 314 g/mol. The van der Waals surface area contributed by atoms with Gasteiger partial charge in [-0.15, -0.1) is 0 Å². The van der Waals surface area contributed by atoms with Crippen molar-refractivity contribution in [3.8, 4) is 0 Å². The number of nitrogens with zero attached hydrogens (tertiary/aromatic N) is 2. The Balaban J connectivity index is 2.53. The van der Waals surface area contributed by atoms with Crippen molar-refractivity contribution in [1.29, 1.82) is 0 Å². The van der Waals surface area contributed by atoms with Gasteiger partial charge < -0.3 is 5.11 Å². The van der Waals surface area contributed by atoms with Gasteiger partial charge in [0.1, 0.15) is 0 Å². The smallest absolute Gasteiger partial charge is 0.273 e. The van der Waals surface area contributed by atoms with Crippen molar-refractivity contribution >= 4 is 15.7 Å². The van der Waals surface area contributed by atoms with Crippen molar-refractivity contribution < 1.29 is 18.4 Å². The Morgan fingerprint density at radius 2 is 2.10 bits per heavy atom. The predicted molar refractivity (Wildman–Crippen MR) is 76.6 cm³/mol. The molecule has 0 bridgehead atoms. The number of hydrogen-bond donors (Lipinski definition) is 1. The minimum Gasteiger partial charge on any atom is -0.395 e. The van der Waals surface area contributed by atoms with Crippen molar-refractivity contribution in [1.82, 2.24) is 4.31 Å². The minimum atomic E-state index is -3.83. The minimum absolute atomic E-state index is 0.0855. The Bertz CT molecular complexity index is 671. The molecule has 0 saturated carbocycles. The highest BCUT2D eigenvalue weighted by Gasteiger charge is 2.36. The van der Waals surface area contributed by atoms with Crippen LogP contribution in [0.15, 0.2) is 17.0 Å². The van der Waals surface area contributed by atoms with Gasteiger partial charge >= 0.3 is 0 Å². The number of nitro groups is 1. The largest absolute Gasteiger partial charge is 0.395 e. The third-order valence-electron chi connectivity index (χ3n) is 3.95. The molecule has 1 aliphatic heterocycles. The molecule has 1 N–H and O–H groups in total. The van der Waals surface area contributed by atoms with Crippen LogP contribution in [0.25, 0.3) is 0 Å². The van der Waals surface area contributed by atoms with Gasteiger partial charge in [0, 0.05) is 24.2 Å². The highest BCUT2D eigenvalue weighted by atomic mass is 32.2. The molecular weight excluding hydrogens is 296 g/mol. The van der Waals surface area contributed by atoms with Crippen LogP contribution in [0.1, 0.15) is 24.0 Å². The molecule has 2 rings (SSSR count). The number of nitro benzene ring substituents is 1. The van der Waals surface area contributed by atoms with Crippen molar-refractivity contribution in [3.63, 3.8) is 0 Å². The standard InChI is InChI=1S/C13H18N2O5S/c1-9-6-12(7-13(10(9)2)15(17)18)21(19,20)14-5-3-4-11(14)8-16/h6-7,11,16H,3-5,8H2,1-2H3/t11-/m0/s1. The van der Waals surface area contributed by atoms with Gasteiger partial charge in [0.2, 0.25) is 10.0 Å². The van der Waals surface area contributed by atoms with Crippen molar-refractivity contribution in [3.05, 3.63) is 33.4 Å². The van der Waals surface area contributed by atoms with Crippen LogP contribution in [-0.2, 0) is 10.0 Å². The van der Waals surface area contributed by atoms with E-state index in [9.17, 15) is 23.6 Å². The zero-order valence-corrected chi connectivity index (χ0v) is 12.8. The molecule has 1 saturated heterocycles. The van der Waals surface area contributed by atoms with Crippen LogP contribution in [0.3, 0.4) is 0 Å². The van der Waals surface area contributed by atoms with E-state index in [0.29, 0.717) is 30.5 Å². The summed E-state index contributed by atoms with van der Waals surface area (Å²) < 4.78 is 26.5. The molecule has 8 heteroatoms. The van der Waals surface area contributed by atoms with Gasteiger partial charge in [-0.3, -0.25) is 10.1 Å². The number of aryl methyl sites for hydroxylation is 1. The summed E-state index contributed by atoms with van der Waals surface area (Å²) in [5.41, 5.74) is 0.815. The summed E-state index contributed by atoms with van der Waals surface area (Å²) >= 11 is 0. The fraction of sp³-hybridized carbons (Fsp3) is 0.538. The molecule has 0 spiro atoms. The number of hydrogen-bond acceptors (Lipinski definition) is 5. The third kappa shape index (κ3) is 2.78. The average molecular weight is 314 g/mol. The summed E-state index contributed by atoms with van der Waals surface area (Å²) in [5.74, 6) is 0. The second kappa shape index (κ2) is 5.70. The zero-order valence-electron chi connectivity index (χ0n) is 11.9. The summed E-state index contributed by atoms with van der Waals surface area (Å²) in [6, 6.07) is 2.10. The molecule has 1 fully saturated rings. The Labute approximate surface area is 123 Å². The molecular formula is C13H18N2O5S. The summed E-state index contributed by atoms with van der Waals surface area (Å²) in [5, 5.41) is 20.3. The number of rotatable bonds is 4. The molecule has 1 aromatic rings. The summed E-state index contributed by atoms with van der Waals surface area (Å²) in [7, 11) is -3.83. The molecule has 0 amide bonds. The van der Waals surface area contributed by atoms with Gasteiger partial charge in [-0.25, -0.2) is 8.42 Å². The lowest BCUT2D eigenvalue weighted by atomic mass is 10.1. The first-order valence-corrected chi connectivity index (χ1v) is 8.11. The van der Waals surface area contributed by atoms with Crippen LogP contribution >= 0.6 is 0 Å². The highest BCUT2D eigenvalue weighted by molar-refractivity contribution is 7.89. The van der Waals surface area contributed by atoms with E-state index in [1.807, 2.05) is 0 Å². The highest BCUT2D eigenvalue weighted by Crippen LogP contribution is 2.30. The first-order valence-electron chi connectivity index (χ1n) is 6.67. The lowest BCUT2D eigenvalue weighted by molar-refractivity contribution is -0.385. The Morgan fingerprint density at radius 1 is 1.43 bits per heavy atom. The van der Waals surface area contributed by atoms with Crippen LogP contribution in [0.5, 0.6) is 0 Å². The van der Waals surface area contributed by atoms with E-state index in [-0.39, 0.29) is 17.2 Å². The first-order chi connectivity index (χ1) is 9.78. The van der Waals surface area contributed by atoms with E-state index in [0.717, 1.165) is 6.07 Å². The molecule has 1 heterocycles. The van der Waals surface area contributed by atoms with Gasteiger partial charge in [0.25, 0.3) is 5.69 Å². The Morgan fingerprint density at radius 3 is 2.67 bits per heavy atom. The van der Waals surface area contributed by atoms with E-state index in [2.05, 4.69) is 0 Å². The number of sulfonamides is 1. The first kappa shape index (κ1) is 15.9. The van der Waals surface area contributed by atoms with E-state index in [1.165, 1.54) is 10.4 Å². The molecule has 7 nitrogen and oxygen atoms in total. The fourth-order valence-corrected chi connectivity index (χ4v) is 4.38. The van der Waals surface area contributed by atoms with Crippen molar-refractivity contribution in [2.24, 2.45) is 0 Å². The van der Waals surface area contributed by atoms with E-state index >= 15 is 0 Å². The third-order valence-corrected chi connectivity index (χ3v) is 5.88. The molecule has 21 heavy (non-hydrogen) atoms. The molecule has 1 aromatic carbocycles. The average Bonchev–Trinajstić information content (AvgIpc) is 2.90. The topological polar surface area (TPSA) is 101 Å². The number of benzene rings is 1. The summed E-state index contributed by atoms with van der Waals surface area (Å²) in [4.78, 5) is 10.4. The van der Waals surface area contributed by atoms with Crippen LogP contribution in [0.4, 0.5) is 5.69 Å². The van der Waals surface area contributed by atoms with Crippen LogP contribution < -0.4 is 0 Å². The SMILES string of the molecule is Cc1cc(S(=O)(=O)N2CCC[C@H]2CO)cc([N+](=O)[O-])c1C. The Kier molecular flexibility index (Phi) is 4.31. The van der Waals surface area contributed by atoms with Crippen molar-refractivity contribution in [2.75, 3.05) is 13.2 Å². The molecule has 116 valence electrons. The van der Waals surface area contributed by atoms with E-state index < -0.39 is 21.0 Å².